The average Bonchev–Trinajstić information content (AvgIpc) is 3.53. The number of aromatic nitrogens is 7. The zero-order valence-electron chi connectivity index (χ0n) is 21.6. The van der Waals surface area contributed by atoms with E-state index in [1.165, 1.54) is 17.0 Å². The van der Waals surface area contributed by atoms with Gasteiger partial charge in [0.2, 0.25) is 0 Å². The van der Waals surface area contributed by atoms with Crippen LogP contribution in [0.4, 0.5) is 5.82 Å². The standard InChI is InChI=1S/C29H23N9O2/c1-18(33-28(39)25-26(30)35-38-27(25)31-14-15-32-38)23-17-20-8-6-7-19(11-12-21-13-16-36(2)34-21)24(20)29(40)37(23)22-9-4-3-5-10-22/h3-10,13-18H,1-2H3,(H2,30,35)(H,33,39)/t18-/m0/s1. The van der Waals surface area contributed by atoms with Crippen LogP contribution in [0.15, 0.2) is 84.0 Å². The number of carbonyl (C=O) groups excluding carboxylic acids is 1. The number of benzene rings is 2. The van der Waals surface area contributed by atoms with Crippen LogP contribution in [0.3, 0.4) is 0 Å². The highest BCUT2D eigenvalue weighted by Gasteiger charge is 2.24. The molecule has 0 bridgehead atoms. The average molecular weight is 530 g/mol. The lowest BCUT2D eigenvalue weighted by molar-refractivity contribution is 0.0941. The highest BCUT2D eigenvalue weighted by Crippen LogP contribution is 2.24. The van der Waals surface area contributed by atoms with Crippen molar-refractivity contribution in [3.63, 3.8) is 0 Å². The van der Waals surface area contributed by atoms with E-state index in [0.29, 0.717) is 33.4 Å². The lowest BCUT2D eigenvalue weighted by atomic mass is 10.0. The molecule has 0 spiro atoms. The fourth-order valence-electron chi connectivity index (χ4n) is 4.63. The molecular weight excluding hydrogens is 506 g/mol. The molecule has 0 fully saturated rings. The molecule has 11 heteroatoms. The van der Waals surface area contributed by atoms with Crippen LogP contribution in [-0.2, 0) is 7.05 Å². The second-order valence-electron chi connectivity index (χ2n) is 9.15. The Morgan fingerprint density at radius 1 is 1.02 bits per heavy atom. The van der Waals surface area contributed by atoms with Crippen molar-refractivity contribution < 1.29 is 4.79 Å². The second-order valence-corrected chi connectivity index (χ2v) is 9.15. The summed E-state index contributed by atoms with van der Waals surface area (Å²) >= 11 is 0. The molecule has 1 atom stereocenters. The Bertz CT molecular complexity index is 2030. The van der Waals surface area contributed by atoms with E-state index in [1.807, 2.05) is 73.9 Å². The molecule has 0 aliphatic rings. The highest BCUT2D eigenvalue weighted by atomic mass is 16.2. The summed E-state index contributed by atoms with van der Waals surface area (Å²) in [5.41, 5.74) is 8.54. The van der Waals surface area contributed by atoms with Crippen molar-refractivity contribution >= 4 is 28.1 Å². The van der Waals surface area contributed by atoms with E-state index in [9.17, 15) is 9.59 Å². The summed E-state index contributed by atoms with van der Waals surface area (Å²) in [7, 11) is 1.82. The smallest absolute Gasteiger partial charge is 0.264 e. The minimum absolute atomic E-state index is 0.00554. The van der Waals surface area contributed by atoms with Gasteiger partial charge in [0.25, 0.3) is 11.5 Å². The van der Waals surface area contributed by atoms with Gasteiger partial charge in [-0.05, 0) is 48.6 Å². The van der Waals surface area contributed by atoms with Gasteiger partial charge in [-0.2, -0.15) is 10.2 Å². The number of anilines is 1. The number of hydrogen-bond donors (Lipinski definition) is 2. The first-order chi connectivity index (χ1) is 19.4. The van der Waals surface area contributed by atoms with E-state index in [2.05, 4.69) is 37.4 Å². The molecule has 11 nitrogen and oxygen atoms in total. The molecule has 3 N–H and O–H groups in total. The monoisotopic (exact) mass is 529 g/mol. The number of hydrogen-bond acceptors (Lipinski definition) is 7. The maximum Gasteiger partial charge on any atom is 0.264 e. The van der Waals surface area contributed by atoms with Crippen molar-refractivity contribution in [1.29, 1.82) is 0 Å². The van der Waals surface area contributed by atoms with Crippen LogP contribution in [0, 0.1) is 11.8 Å². The molecular formula is C29H23N9O2. The number of pyridine rings is 1. The van der Waals surface area contributed by atoms with E-state index >= 15 is 0 Å². The lowest BCUT2D eigenvalue weighted by Gasteiger charge is -2.21. The van der Waals surface area contributed by atoms with Gasteiger partial charge < -0.3 is 11.1 Å². The Kier molecular flexibility index (Phi) is 6.05. The lowest BCUT2D eigenvalue weighted by Crippen LogP contribution is -2.32. The number of rotatable bonds is 4. The molecule has 4 heterocycles. The summed E-state index contributed by atoms with van der Waals surface area (Å²) < 4.78 is 4.47. The number of nitrogen functional groups attached to an aromatic ring is 1. The number of nitrogens with zero attached hydrogens (tertiary/aromatic N) is 7. The third-order valence-electron chi connectivity index (χ3n) is 6.46. The predicted octanol–water partition coefficient (Wildman–Crippen LogP) is 2.63. The largest absolute Gasteiger partial charge is 0.381 e. The van der Waals surface area contributed by atoms with Gasteiger partial charge in [0.1, 0.15) is 11.3 Å². The molecule has 0 aliphatic carbocycles. The van der Waals surface area contributed by atoms with Gasteiger partial charge in [0.05, 0.1) is 17.6 Å². The first-order valence-electron chi connectivity index (χ1n) is 12.4. The third-order valence-corrected chi connectivity index (χ3v) is 6.46. The van der Waals surface area contributed by atoms with Crippen molar-refractivity contribution in [2.45, 2.75) is 13.0 Å². The van der Waals surface area contributed by atoms with Crippen LogP contribution in [-0.4, -0.2) is 40.1 Å². The Morgan fingerprint density at radius 3 is 2.62 bits per heavy atom. The van der Waals surface area contributed by atoms with Crippen molar-refractivity contribution in [3.05, 3.63) is 112 Å². The number of carbonyl (C=O) groups is 1. The molecule has 0 saturated carbocycles. The van der Waals surface area contributed by atoms with Crippen LogP contribution in [0.2, 0.25) is 0 Å². The van der Waals surface area contributed by atoms with Crippen molar-refractivity contribution in [2.24, 2.45) is 7.05 Å². The quantitative estimate of drug-likeness (QED) is 0.335. The zero-order valence-corrected chi connectivity index (χ0v) is 21.6. The van der Waals surface area contributed by atoms with E-state index in [-0.39, 0.29) is 22.6 Å². The summed E-state index contributed by atoms with van der Waals surface area (Å²) in [5.74, 6) is 5.68. The third kappa shape index (κ3) is 4.33. The molecule has 1 amide bonds. The van der Waals surface area contributed by atoms with Gasteiger partial charge in [-0.1, -0.05) is 36.3 Å². The maximum absolute atomic E-state index is 14.1. The van der Waals surface area contributed by atoms with E-state index in [0.717, 1.165) is 0 Å². The number of fused-ring (bicyclic) bond motifs is 2. The van der Waals surface area contributed by atoms with E-state index in [1.54, 1.807) is 16.2 Å². The Hall–Kier alpha value is -5.76. The van der Waals surface area contributed by atoms with Crippen molar-refractivity contribution in [2.75, 3.05) is 5.73 Å². The number of nitrogens with two attached hydrogens (primary N) is 1. The minimum atomic E-state index is -0.598. The zero-order chi connectivity index (χ0) is 27.8. The Balaban J connectivity index is 1.48. The van der Waals surface area contributed by atoms with E-state index in [4.69, 9.17) is 5.73 Å². The van der Waals surface area contributed by atoms with E-state index < -0.39 is 11.9 Å². The van der Waals surface area contributed by atoms with Crippen LogP contribution in [0.1, 0.15) is 40.3 Å². The van der Waals surface area contributed by atoms with Gasteiger partial charge in [-0.25, -0.2) is 4.98 Å². The molecule has 0 unspecified atom stereocenters. The number of aryl methyl sites for hydroxylation is 1. The topological polar surface area (TPSA) is 138 Å². The van der Waals surface area contributed by atoms with Crippen molar-refractivity contribution in [1.82, 2.24) is 39.5 Å². The van der Waals surface area contributed by atoms with Gasteiger partial charge in [0.15, 0.2) is 11.5 Å². The van der Waals surface area contributed by atoms with Gasteiger partial charge >= 0.3 is 0 Å². The fraction of sp³-hybridized carbons (Fsp3) is 0.103. The number of amides is 1. The summed E-state index contributed by atoms with van der Waals surface area (Å²) in [5, 5.41) is 16.5. The summed E-state index contributed by atoms with van der Waals surface area (Å²) in [4.78, 5) is 31.7. The van der Waals surface area contributed by atoms with Crippen LogP contribution in [0.5, 0.6) is 0 Å². The summed E-state index contributed by atoms with van der Waals surface area (Å²) in [6, 6.07) is 17.9. The Morgan fingerprint density at radius 2 is 1.85 bits per heavy atom. The summed E-state index contributed by atoms with van der Waals surface area (Å²) in [6.07, 6.45) is 4.72. The maximum atomic E-state index is 14.1. The second kappa shape index (κ2) is 9.85. The summed E-state index contributed by atoms with van der Waals surface area (Å²) in [6.45, 7) is 1.80. The highest BCUT2D eigenvalue weighted by molar-refractivity contribution is 6.04. The Labute approximate surface area is 227 Å². The molecule has 196 valence electrons. The first-order valence-corrected chi connectivity index (χ1v) is 12.4. The number of para-hydroxylation sites is 1. The molecule has 40 heavy (non-hydrogen) atoms. The van der Waals surface area contributed by atoms with Crippen LogP contribution >= 0.6 is 0 Å². The van der Waals surface area contributed by atoms with Gasteiger partial charge in [-0.15, -0.1) is 9.73 Å². The molecule has 0 saturated heterocycles. The molecule has 6 rings (SSSR count). The minimum Gasteiger partial charge on any atom is -0.381 e. The molecule has 2 aromatic carbocycles. The molecule has 4 aromatic heterocycles. The van der Waals surface area contributed by atoms with Gasteiger partial charge in [0, 0.05) is 36.4 Å². The predicted molar refractivity (Wildman–Crippen MR) is 150 cm³/mol. The number of nitrogens with one attached hydrogen (secondary N) is 1. The first kappa shape index (κ1) is 24.6. The van der Waals surface area contributed by atoms with Crippen molar-refractivity contribution in [3.8, 4) is 17.5 Å². The van der Waals surface area contributed by atoms with Crippen LogP contribution < -0.4 is 16.6 Å². The normalized spacial score (nSPS) is 11.8. The van der Waals surface area contributed by atoms with Gasteiger partial charge in [-0.3, -0.25) is 18.8 Å². The molecule has 6 aromatic rings. The fourth-order valence-corrected chi connectivity index (χ4v) is 4.63. The SMILES string of the molecule is C[C@H](NC(=O)c1c(N)nn2nccnc12)c1cc2cccc(C#Cc3ccn(C)n3)c2c(=O)n1-c1ccccc1. The van der Waals surface area contributed by atoms with Crippen LogP contribution in [0.25, 0.3) is 22.1 Å². The molecule has 0 radical (unpaired) electrons. The molecule has 0 aliphatic heterocycles.